The maximum Gasteiger partial charge on any atom is 0.255 e. The van der Waals surface area contributed by atoms with Gasteiger partial charge in [-0.1, -0.05) is 42.0 Å². The summed E-state index contributed by atoms with van der Waals surface area (Å²) in [6, 6.07) is 13.5. The van der Waals surface area contributed by atoms with E-state index in [9.17, 15) is 4.79 Å². The molecule has 0 fully saturated rings. The highest BCUT2D eigenvalue weighted by Gasteiger charge is 2.09. The van der Waals surface area contributed by atoms with E-state index >= 15 is 0 Å². The lowest BCUT2D eigenvalue weighted by atomic mass is 10.1. The molecule has 0 aliphatic heterocycles. The second-order valence-electron chi connectivity index (χ2n) is 5.29. The van der Waals surface area contributed by atoms with Gasteiger partial charge in [0.05, 0.1) is 7.11 Å². The van der Waals surface area contributed by atoms with Crippen molar-refractivity contribution in [3.8, 4) is 11.5 Å². The van der Waals surface area contributed by atoms with Crippen molar-refractivity contribution in [1.82, 2.24) is 5.32 Å². The van der Waals surface area contributed by atoms with Crippen LogP contribution in [0.15, 0.2) is 42.5 Å². The van der Waals surface area contributed by atoms with Gasteiger partial charge in [0.2, 0.25) is 0 Å². The summed E-state index contributed by atoms with van der Waals surface area (Å²) >= 11 is 5.42. The monoisotopic (exact) mass is 344 g/mol. The number of rotatable bonds is 7. The van der Waals surface area contributed by atoms with E-state index in [0.717, 1.165) is 11.1 Å². The Hall–Kier alpha value is -2.60. The number of carbonyl (C=O) groups excluding carboxylic acids is 1. The maximum absolute atomic E-state index is 10.8. The fraction of sp³-hybridized carbons (Fsp3) is 0.222. The zero-order valence-corrected chi connectivity index (χ0v) is 14.5. The van der Waals surface area contributed by atoms with Crippen LogP contribution in [0.25, 0.3) is 0 Å². The molecule has 0 spiro atoms. The summed E-state index contributed by atoms with van der Waals surface area (Å²) in [4.78, 5) is 11.4. The molecule has 0 aromatic heterocycles. The molecule has 2 aromatic carbocycles. The van der Waals surface area contributed by atoms with Crippen LogP contribution in [0.4, 0.5) is 0 Å². The van der Waals surface area contributed by atoms with Crippen molar-refractivity contribution in [2.24, 2.45) is 5.73 Å². The summed E-state index contributed by atoms with van der Waals surface area (Å²) in [5, 5.41) is 3.22. The van der Waals surface area contributed by atoms with E-state index in [1.165, 1.54) is 12.7 Å². The highest BCUT2D eigenvalue weighted by Crippen LogP contribution is 2.28. The number of amides is 1. The number of aryl methyl sites for hydroxylation is 1. The summed E-state index contributed by atoms with van der Waals surface area (Å²) < 4.78 is 10.6. The number of hydrogen-bond donors (Lipinski definition) is 2. The van der Waals surface area contributed by atoms with Crippen LogP contribution in [-0.2, 0) is 11.3 Å². The molecule has 3 N–H and O–H groups in total. The summed E-state index contributed by atoms with van der Waals surface area (Å²) in [6.45, 7) is 2.49. The first-order valence-electron chi connectivity index (χ1n) is 7.42. The first-order chi connectivity index (χ1) is 11.5. The predicted octanol–water partition coefficient (Wildman–Crippen LogP) is 2.33. The van der Waals surface area contributed by atoms with E-state index in [4.69, 9.17) is 27.4 Å². The van der Waals surface area contributed by atoms with Gasteiger partial charge in [-0.15, -0.1) is 0 Å². The minimum absolute atomic E-state index is 0.203. The molecule has 0 atom stereocenters. The highest BCUT2D eigenvalue weighted by molar-refractivity contribution is 7.80. The van der Waals surface area contributed by atoms with E-state index in [2.05, 4.69) is 36.5 Å². The van der Waals surface area contributed by atoms with Crippen LogP contribution in [-0.4, -0.2) is 24.6 Å². The Balaban J connectivity index is 2.03. The van der Waals surface area contributed by atoms with Crippen molar-refractivity contribution in [2.75, 3.05) is 13.7 Å². The van der Waals surface area contributed by atoms with Gasteiger partial charge in [-0.2, -0.15) is 0 Å². The molecule has 0 saturated carbocycles. The van der Waals surface area contributed by atoms with E-state index < -0.39 is 5.91 Å². The van der Waals surface area contributed by atoms with Gasteiger partial charge in [-0.05, 0) is 30.7 Å². The Bertz CT molecular complexity index is 730. The van der Waals surface area contributed by atoms with Gasteiger partial charge >= 0.3 is 0 Å². The zero-order chi connectivity index (χ0) is 17.5. The number of benzene rings is 2. The second kappa shape index (κ2) is 8.31. The van der Waals surface area contributed by atoms with Crippen molar-refractivity contribution >= 4 is 23.1 Å². The number of thiocarbonyl (C=S) groups is 1. The lowest BCUT2D eigenvalue weighted by molar-refractivity contribution is -0.119. The lowest BCUT2D eigenvalue weighted by Gasteiger charge is -2.13. The molecular weight excluding hydrogens is 324 g/mol. The fourth-order valence-corrected chi connectivity index (χ4v) is 2.27. The minimum atomic E-state index is -0.545. The van der Waals surface area contributed by atoms with E-state index in [-0.39, 0.29) is 6.61 Å². The van der Waals surface area contributed by atoms with Gasteiger partial charge in [0.15, 0.2) is 18.1 Å². The van der Waals surface area contributed by atoms with Crippen LogP contribution >= 0.6 is 12.2 Å². The number of methoxy groups -OCH3 is 1. The third kappa shape index (κ3) is 4.96. The first kappa shape index (κ1) is 17.7. The quantitative estimate of drug-likeness (QED) is 0.754. The van der Waals surface area contributed by atoms with Gasteiger partial charge in [0, 0.05) is 12.1 Å². The molecular formula is C18H20N2O3S. The molecule has 0 heterocycles. The summed E-state index contributed by atoms with van der Waals surface area (Å²) in [5.74, 6) is 0.394. The Labute approximate surface area is 146 Å². The maximum atomic E-state index is 10.8. The topological polar surface area (TPSA) is 73.6 Å². The van der Waals surface area contributed by atoms with Crippen molar-refractivity contribution in [3.63, 3.8) is 0 Å². The molecule has 1 amide bonds. The average molecular weight is 344 g/mol. The predicted molar refractivity (Wildman–Crippen MR) is 97.4 cm³/mol. The molecule has 0 bridgehead atoms. The van der Waals surface area contributed by atoms with Crippen LogP contribution in [0.5, 0.6) is 11.5 Å². The van der Waals surface area contributed by atoms with E-state index in [1.807, 2.05) is 6.07 Å². The number of nitrogens with one attached hydrogen (secondary N) is 1. The number of nitrogens with two attached hydrogens (primary N) is 1. The molecule has 0 unspecified atom stereocenters. The van der Waals surface area contributed by atoms with Crippen molar-refractivity contribution in [2.45, 2.75) is 13.5 Å². The normalized spacial score (nSPS) is 10.1. The summed E-state index contributed by atoms with van der Waals surface area (Å²) in [5.41, 5.74) is 8.25. The van der Waals surface area contributed by atoms with E-state index in [0.29, 0.717) is 23.0 Å². The van der Waals surface area contributed by atoms with Crippen LogP contribution in [0.2, 0.25) is 0 Å². The standard InChI is InChI=1S/C18H20N2O3S/c1-12-3-5-13(6-4-12)10-20-18(24)14-7-8-15(16(9-14)22-2)23-11-17(19)21/h3-9H,10-11H2,1-2H3,(H2,19,21)(H,20,24). The smallest absolute Gasteiger partial charge is 0.255 e. The summed E-state index contributed by atoms with van der Waals surface area (Å²) in [7, 11) is 1.53. The third-order valence-corrected chi connectivity index (χ3v) is 3.75. The van der Waals surface area contributed by atoms with Crippen LogP contribution in [0.1, 0.15) is 16.7 Å². The Morgan fingerprint density at radius 2 is 1.88 bits per heavy atom. The average Bonchev–Trinajstić information content (AvgIpc) is 2.59. The van der Waals surface area contributed by atoms with Crippen molar-refractivity contribution < 1.29 is 14.3 Å². The second-order valence-corrected chi connectivity index (χ2v) is 5.70. The minimum Gasteiger partial charge on any atom is -0.493 e. The number of primary amides is 1. The first-order valence-corrected chi connectivity index (χ1v) is 7.83. The Morgan fingerprint density at radius 3 is 2.50 bits per heavy atom. The van der Waals surface area contributed by atoms with Crippen LogP contribution in [0, 0.1) is 6.92 Å². The van der Waals surface area contributed by atoms with E-state index in [1.54, 1.807) is 12.1 Å². The zero-order valence-electron chi connectivity index (χ0n) is 13.7. The molecule has 5 nitrogen and oxygen atoms in total. The molecule has 0 radical (unpaired) electrons. The number of ether oxygens (including phenoxy) is 2. The third-order valence-electron chi connectivity index (χ3n) is 3.37. The van der Waals surface area contributed by atoms with Gasteiger partial charge < -0.3 is 20.5 Å². The SMILES string of the molecule is COc1cc(C(=S)NCc2ccc(C)cc2)ccc1OCC(N)=O. The lowest BCUT2D eigenvalue weighted by Crippen LogP contribution is -2.22. The molecule has 6 heteroatoms. The van der Waals surface area contributed by atoms with Crippen LogP contribution < -0.4 is 20.5 Å². The Morgan fingerprint density at radius 1 is 1.17 bits per heavy atom. The molecule has 0 aliphatic rings. The van der Waals surface area contributed by atoms with Gasteiger partial charge in [-0.25, -0.2) is 0 Å². The molecule has 126 valence electrons. The number of carbonyl (C=O) groups is 1. The Kier molecular flexibility index (Phi) is 6.14. The molecule has 0 aliphatic carbocycles. The van der Waals surface area contributed by atoms with Crippen molar-refractivity contribution in [1.29, 1.82) is 0 Å². The fourth-order valence-electron chi connectivity index (χ4n) is 2.07. The molecule has 2 rings (SSSR count). The largest absolute Gasteiger partial charge is 0.493 e. The highest BCUT2D eigenvalue weighted by atomic mass is 32.1. The van der Waals surface area contributed by atoms with Gasteiger partial charge in [0.25, 0.3) is 5.91 Å². The van der Waals surface area contributed by atoms with Gasteiger partial charge in [-0.3, -0.25) is 4.79 Å². The van der Waals surface area contributed by atoms with Crippen LogP contribution in [0.3, 0.4) is 0 Å². The van der Waals surface area contributed by atoms with Crippen molar-refractivity contribution in [3.05, 3.63) is 59.2 Å². The molecule has 24 heavy (non-hydrogen) atoms. The van der Waals surface area contributed by atoms with Gasteiger partial charge in [0.1, 0.15) is 4.99 Å². The summed E-state index contributed by atoms with van der Waals surface area (Å²) in [6.07, 6.45) is 0. The number of hydrogen-bond acceptors (Lipinski definition) is 4. The molecule has 0 saturated heterocycles. The molecule has 2 aromatic rings.